The molecular weight excluding hydrogens is 334 g/mol. The molecule has 0 bridgehead atoms. The van der Waals surface area contributed by atoms with Crippen LogP contribution in [-0.2, 0) is 24.8 Å². The summed E-state index contributed by atoms with van der Waals surface area (Å²) < 4.78 is 8.49. The number of hydrogen-bond acceptors (Lipinski definition) is 5. The monoisotopic (exact) mass is 351 g/mol. The van der Waals surface area contributed by atoms with Gasteiger partial charge in [-0.2, -0.15) is 0 Å². The van der Waals surface area contributed by atoms with Gasteiger partial charge < -0.3 is 9.73 Å². The van der Waals surface area contributed by atoms with E-state index in [0.29, 0.717) is 35.7 Å². The minimum absolute atomic E-state index is 0.104. The predicted molar refractivity (Wildman–Crippen MR) is 94.6 cm³/mol. The van der Waals surface area contributed by atoms with Gasteiger partial charge in [0.2, 0.25) is 11.7 Å². The summed E-state index contributed by atoms with van der Waals surface area (Å²) in [6.45, 7) is 0.351. The van der Waals surface area contributed by atoms with Crippen molar-refractivity contribution >= 4 is 22.6 Å². The molecule has 0 saturated heterocycles. The topological polar surface area (TPSA) is 94.4 Å². The number of aromatic nitrogens is 4. The number of rotatable bonds is 5. The summed E-state index contributed by atoms with van der Waals surface area (Å²) in [4.78, 5) is 24.5. The van der Waals surface area contributed by atoms with Gasteiger partial charge >= 0.3 is 0 Å². The highest BCUT2D eigenvalue weighted by Gasteiger charge is 2.15. The van der Waals surface area contributed by atoms with Crippen molar-refractivity contribution in [3.8, 4) is 0 Å². The lowest BCUT2D eigenvalue weighted by atomic mass is 10.2. The molecule has 1 aromatic carbocycles. The Morgan fingerprint density at radius 3 is 2.85 bits per heavy atom. The number of carbonyl (C=O) groups is 1. The van der Waals surface area contributed by atoms with Gasteiger partial charge in [-0.05, 0) is 24.3 Å². The van der Waals surface area contributed by atoms with Crippen molar-refractivity contribution in [2.24, 2.45) is 7.05 Å². The SMILES string of the molecule is Cn1c(=O)c2ccccc2n2c(CCC(=O)NCc3ccco3)nnc12. The van der Waals surface area contributed by atoms with Crippen LogP contribution in [0, 0.1) is 0 Å². The van der Waals surface area contributed by atoms with Crippen molar-refractivity contribution in [1.82, 2.24) is 24.5 Å². The molecule has 1 amide bonds. The number of hydrogen-bond donors (Lipinski definition) is 1. The van der Waals surface area contributed by atoms with E-state index in [9.17, 15) is 9.59 Å². The first-order chi connectivity index (χ1) is 12.6. The van der Waals surface area contributed by atoms with E-state index in [1.807, 2.05) is 22.6 Å². The second-order valence-corrected chi connectivity index (χ2v) is 5.99. The van der Waals surface area contributed by atoms with Crippen LogP contribution in [0.15, 0.2) is 51.9 Å². The van der Waals surface area contributed by atoms with Crippen LogP contribution in [0.5, 0.6) is 0 Å². The van der Waals surface area contributed by atoms with Crippen molar-refractivity contribution in [3.05, 3.63) is 64.6 Å². The predicted octanol–water partition coefficient (Wildman–Crippen LogP) is 1.42. The number of carbonyl (C=O) groups excluding carboxylic acids is 1. The van der Waals surface area contributed by atoms with Crippen molar-refractivity contribution < 1.29 is 9.21 Å². The van der Waals surface area contributed by atoms with E-state index in [-0.39, 0.29) is 17.9 Å². The molecule has 4 aromatic rings. The van der Waals surface area contributed by atoms with Crippen LogP contribution < -0.4 is 10.9 Å². The van der Waals surface area contributed by atoms with Crippen LogP contribution >= 0.6 is 0 Å². The second-order valence-electron chi connectivity index (χ2n) is 5.99. The van der Waals surface area contributed by atoms with Crippen molar-refractivity contribution in [1.29, 1.82) is 0 Å². The van der Waals surface area contributed by atoms with Crippen molar-refractivity contribution in [2.45, 2.75) is 19.4 Å². The van der Waals surface area contributed by atoms with Gasteiger partial charge in [0.05, 0.1) is 23.7 Å². The zero-order chi connectivity index (χ0) is 18.1. The van der Waals surface area contributed by atoms with Crippen LogP contribution in [0.25, 0.3) is 16.7 Å². The highest BCUT2D eigenvalue weighted by atomic mass is 16.3. The summed E-state index contributed by atoms with van der Waals surface area (Å²) in [5.74, 6) is 1.69. The molecule has 0 aliphatic rings. The van der Waals surface area contributed by atoms with Crippen LogP contribution in [-0.4, -0.2) is 25.1 Å². The minimum Gasteiger partial charge on any atom is -0.467 e. The van der Waals surface area contributed by atoms with Crippen LogP contribution in [0.4, 0.5) is 0 Å². The quantitative estimate of drug-likeness (QED) is 0.587. The number of aryl methyl sites for hydroxylation is 2. The molecule has 0 aliphatic heterocycles. The summed E-state index contributed by atoms with van der Waals surface area (Å²) in [6.07, 6.45) is 2.24. The third kappa shape index (κ3) is 2.75. The first-order valence-corrected chi connectivity index (χ1v) is 8.26. The molecule has 1 N–H and O–H groups in total. The third-order valence-electron chi connectivity index (χ3n) is 4.31. The zero-order valence-corrected chi connectivity index (χ0v) is 14.2. The number of nitrogens with one attached hydrogen (secondary N) is 1. The molecule has 0 spiro atoms. The molecule has 132 valence electrons. The smallest absolute Gasteiger partial charge is 0.262 e. The fourth-order valence-corrected chi connectivity index (χ4v) is 2.97. The Kier molecular flexibility index (Phi) is 4.00. The number of fused-ring (bicyclic) bond motifs is 3. The van der Waals surface area contributed by atoms with E-state index in [1.54, 1.807) is 31.5 Å². The molecule has 0 fully saturated rings. The Morgan fingerprint density at radius 2 is 2.04 bits per heavy atom. The Morgan fingerprint density at radius 1 is 1.19 bits per heavy atom. The van der Waals surface area contributed by atoms with Gasteiger partial charge in [-0.25, -0.2) is 0 Å². The average molecular weight is 351 g/mol. The maximum atomic E-state index is 12.4. The first-order valence-electron chi connectivity index (χ1n) is 8.26. The highest BCUT2D eigenvalue weighted by molar-refractivity contribution is 5.80. The summed E-state index contributed by atoms with van der Waals surface area (Å²) >= 11 is 0. The Balaban J connectivity index is 1.59. The van der Waals surface area contributed by atoms with E-state index in [4.69, 9.17) is 4.42 Å². The molecular formula is C18H17N5O3. The lowest BCUT2D eigenvalue weighted by Gasteiger charge is -2.08. The van der Waals surface area contributed by atoms with Gasteiger partial charge in [0.15, 0.2) is 0 Å². The molecule has 0 radical (unpaired) electrons. The van der Waals surface area contributed by atoms with Crippen molar-refractivity contribution in [3.63, 3.8) is 0 Å². The van der Waals surface area contributed by atoms with E-state index in [2.05, 4.69) is 15.5 Å². The zero-order valence-electron chi connectivity index (χ0n) is 14.2. The van der Waals surface area contributed by atoms with Gasteiger partial charge in [-0.1, -0.05) is 12.1 Å². The molecule has 0 aliphatic carbocycles. The fourth-order valence-electron chi connectivity index (χ4n) is 2.97. The average Bonchev–Trinajstić information content (AvgIpc) is 3.32. The Labute approximate surface area is 148 Å². The lowest BCUT2D eigenvalue weighted by molar-refractivity contribution is -0.121. The van der Waals surface area contributed by atoms with Gasteiger partial charge in [-0.15, -0.1) is 10.2 Å². The minimum atomic E-state index is -0.122. The van der Waals surface area contributed by atoms with Crippen LogP contribution in [0.2, 0.25) is 0 Å². The van der Waals surface area contributed by atoms with E-state index < -0.39 is 0 Å². The van der Waals surface area contributed by atoms with Gasteiger partial charge in [-0.3, -0.25) is 18.6 Å². The lowest BCUT2D eigenvalue weighted by Crippen LogP contribution is -2.23. The van der Waals surface area contributed by atoms with Crippen molar-refractivity contribution in [2.75, 3.05) is 0 Å². The van der Waals surface area contributed by atoms with E-state index in [1.165, 1.54) is 4.57 Å². The second kappa shape index (κ2) is 6.47. The number of furan rings is 1. The Bertz CT molecular complexity index is 1140. The standard InChI is InChI=1S/C18H17N5O3/c1-22-17(25)13-6-2-3-7-14(13)23-15(20-21-18(22)23)8-9-16(24)19-11-12-5-4-10-26-12/h2-7,10H,8-9,11H2,1H3,(H,19,24). The molecule has 8 heteroatoms. The fraction of sp³-hybridized carbons (Fsp3) is 0.222. The normalized spacial score (nSPS) is 11.3. The van der Waals surface area contributed by atoms with Gasteiger partial charge in [0, 0.05) is 19.9 Å². The molecule has 3 aromatic heterocycles. The van der Waals surface area contributed by atoms with E-state index in [0.717, 1.165) is 5.52 Å². The molecule has 4 rings (SSSR count). The summed E-state index contributed by atoms with van der Waals surface area (Å²) in [6, 6.07) is 10.9. The number of nitrogens with zero attached hydrogens (tertiary/aromatic N) is 4. The molecule has 8 nitrogen and oxygen atoms in total. The van der Waals surface area contributed by atoms with Gasteiger partial charge in [0.1, 0.15) is 11.6 Å². The number of para-hydroxylation sites is 1. The largest absolute Gasteiger partial charge is 0.467 e. The van der Waals surface area contributed by atoms with Crippen LogP contribution in [0.3, 0.4) is 0 Å². The highest BCUT2D eigenvalue weighted by Crippen LogP contribution is 2.14. The third-order valence-corrected chi connectivity index (χ3v) is 4.31. The maximum Gasteiger partial charge on any atom is 0.262 e. The first kappa shape index (κ1) is 16.1. The summed E-state index contributed by atoms with van der Waals surface area (Å²) in [5, 5.41) is 11.7. The summed E-state index contributed by atoms with van der Waals surface area (Å²) in [7, 11) is 1.67. The van der Waals surface area contributed by atoms with Gasteiger partial charge in [0.25, 0.3) is 5.56 Å². The molecule has 0 unspecified atom stereocenters. The molecule has 26 heavy (non-hydrogen) atoms. The summed E-state index contributed by atoms with van der Waals surface area (Å²) in [5.41, 5.74) is 0.616. The molecule has 0 saturated carbocycles. The number of amides is 1. The van der Waals surface area contributed by atoms with E-state index >= 15 is 0 Å². The van der Waals surface area contributed by atoms with Crippen LogP contribution in [0.1, 0.15) is 18.0 Å². The molecule has 0 atom stereocenters. The maximum absolute atomic E-state index is 12.4. The molecule has 3 heterocycles. The Hall–Kier alpha value is -3.42. The number of benzene rings is 1.